The number of allylic oxidation sites excluding steroid dienone is 1. The van der Waals surface area contributed by atoms with Crippen LogP contribution < -0.4 is 21.3 Å². The third-order valence-electron chi connectivity index (χ3n) is 4.84. The van der Waals surface area contributed by atoms with E-state index in [1.807, 2.05) is 0 Å². The summed E-state index contributed by atoms with van der Waals surface area (Å²) < 4.78 is 36.1. The van der Waals surface area contributed by atoms with Crippen LogP contribution in [0.25, 0.3) is 0 Å². The van der Waals surface area contributed by atoms with Crippen LogP contribution in [0, 0.1) is 0 Å². The largest absolute Gasteiger partial charge is 0.744 e. The van der Waals surface area contributed by atoms with Gasteiger partial charge in [0.2, 0.25) is 0 Å². The van der Waals surface area contributed by atoms with Crippen molar-refractivity contribution in [1.82, 2.24) is 5.32 Å². The average molecular weight is 522 g/mol. The Bertz CT molecular complexity index is 1240. The smallest absolute Gasteiger partial charge is 0.124 e. The number of carbonyl (C=O) groups excluding carboxylic acids is 2. The number of nitrogens with one attached hydrogen (secondary N) is 1. The van der Waals surface area contributed by atoms with Crippen LogP contribution in [0.5, 0.6) is 0 Å². The minimum atomic E-state index is -4.25. The van der Waals surface area contributed by atoms with Gasteiger partial charge >= 0.3 is 0 Å². The van der Waals surface area contributed by atoms with E-state index in [-0.39, 0.29) is 52.2 Å². The molecule has 0 saturated carbocycles. The van der Waals surface area contributed by atoms with E-state index in [2.05, 4.69) is 5.32 Å². The molecule has 1 aliphatic heterocycles. The lowest BCUT2D eigenvalue weighted by molar-refractivity contribution is -0.300. The third-order valence-corrected chi connectivity index (χ3v) is 6.04. The molecule has 3 rings (SSSR count). The number of carbonyl (C=O) groups is 2. The zero-order valence-electron chi connectivity index (χ0n) is 18.5. The molecule has 188 valence electrons. The fourth-order valence-electron chi connectivity index (χ4n) is 3.39. The highest BCUT2D eigenvalue weighted by molar-refractivity contribution is 7.85. The summed E-state index contributed by atoms with van der Waals surface area (Å²) in [5, 5.41) is 26.5. The molecule has 0 bridgehead atoms. The highest BCUT2D eigenvalue weighted by Crippen LogP contribution is 2.40. The Kier molecular flexibility index (Phi) is 9.99. The van der Waals surface area contributed by atoms with Crippen molar-refractivity contribution < 1.29 is 37.5 Å². The fraction of sp³-hybridized carbons (Fsp3) is 0.217. The average Bonchev–Trinajstić information content (AvgIpc) is 2.79. The minimum absolute atomic E-state index is 0.0842. The molecule has 3 N–H and O–H groups in total. The number of nitrogens with two attached hydrogens (primary N) is 1. The van der Waals surface area contributed by atoms with Crippen LogP contribution in [0.1, 0.15) is 18.4 Å². The van der Waals surface area contributed by atoms with Gasteiger partial charge in [0, 0.05) is 40.0 Å². The maximum absolute atomic E-state index is 11.8. The molecule has 0 saturated heterocycles. The van der Waals surface area contributed by atoms with Gasteiger partial charge in [-0.1, -0.05) is 48.0 Å². The van der Waals surface area contributed by atoms with Crippen LogP contribution in [0.15, 0.2) is 82.0 Å². The zero-order valence-corrected chi connectivity index (χ0v) is 20.1. The van der Waals surface area contributed by atoms with Crippen molar-refractivity contribution in [2.45, 2.75) is 17.7 Å². The van der Waals surface area contributed by atoms with E-state index in [9.17, 15) is 32.8 Å². The van der Waals surface area contributed by atoms with Crippen molar-refractivity contribution in [3.05, 3.63) is 87.7 Å². The van der Waals surface area contributed by atoms with Crippen molar-refractivity contribution in [3.8, 4) is 0 Å². The Morgan fingerprint density at radius 2 is 1.60 bits per heavy atom. The number of aliphatic carboxylic acids is 2. The van der Waals surface area contributed by atoms with Crippen LogP contribution in [0.3, 0.4) is 0 Å². The van der Waals surface area contributed by atoms with E-state index in [0.717, 1.165) is 0 Å². The summed E-state index contributed by atoms with van der Waals surface area (Å²) in [6, 6.07) is 13.6. The number of hydrogen-bond acceptors (Lipinski definition) is 10. The highest BCUT2D eigenvalue weighted by atomic mass is 35.5. The second-order valence-electron chi connectivity index (χ2n) is 7.19. The molecule has 1 atom stereocenters. The number of ether oxygens (including phenoxy) is 1. The summed E-state index contributed by atoms with van der Waals surface area (Å²) in [5.41, 5.74) is 5.67. The maximum atomic E-state index is 11.8. The molecule has 1 unspecified atom stereocenters. The van der Waals surface area contributed by atoms with Gasteiger partial charge in [0.1, 0.15) is 10.1 Å². The first-order valence-electron chi connectivity index (χ1n) is 10.2. The molecule has 0 aliphatic carbocycles. The fourth-order valence-corrected chi connectivity index (χ4v) is 4.12. The normalized spacial score (nSPS) is 15.7. The summed E-state index contributed by atoms with van der Waals surface area (Å²) >= 11 is 6.18. The van der Waals surface area contributed by atoms with Crippen LogP contribution in [-0.4, -0.2) is 44.7 Å². The molecule has 12 heteroatoms. The first kappa shape index (κ1) is 28.0. The van der Waals surface area contributed by atoms with Crippen molar-refractivity contribution in [3.63, 3.8) is 0 Å². The molecule has 0 fully saturated rings. The van der Waals surface area contributed by atoms with Crippen molar-refractivity contribution in [1.29, 1.82) is 0 Å². The molecule has 0 aromatic heterocycles. The van der Waals surface area contributed by atoms with E-state index in [0.29, 0.717) is 5.56 Å². The zero-order chi connectivity index (χ0) is 26.2. The molecule has 2 aromatic carbocycles. The molecule has 1 heterocycles. The van der Waals surface area contributed by atoms with Crippen LogP contribution in [0.4, 0.5) is 0 Å². The summed E-state index contributed by atoms with van der Waals surface area (Å²) in [5.74, 6) is -4.15. The van der Waals surface area contributed by atoms with Gasteiger partial charge in [-0.3, -0.25) is 0 Å². The molecule has 1 aliphatic rings. The van der Waals surface area contributed by atoms with Gasteiger partial charge in [0.25, 0.3) is 0 Å². The van der Waals surface area contributed by atoms with Gasteiger partial charge in [-0.05, 0) is 30.7 Å². The van der Waals surface area contributed by atoms with E-state index in [1.54, 1.807) is 30.3 Å². The Labute approximate surface area is 207 Å². The van der Waals surface area contributed by atoms with Gasteiger partial charge < -0.3 is 40.1 Å². The Morgan fingerprint density at radius 1 is 1.03 bits per heavy atom. The van der Waals surface area contributed by atoms with E-state index < -0.39 is 28.0 Å². The first-order valence-corrected chi connectivity index (χ1v) is 11.9. The number of benzene rings is 2. The molecule has 35 heavy (non-hydrogen) atoms. The lowest BCUT2D eigenvalue weighted by atomic mass is 9.80. The highest BCUT2D eigenvalue weighted by Gasteiger charge is 2.32. The predicted molar refractivity (Wildman–Crippen MR) is 121 cm³/mol. The number of dihydropyridines is 1. The Morgan fingerprint density at radius 3 is 2.09 bits per heavy atom. The van der Waals surface area contributed by atoms with Gasteiger partial charge in [-0.2, -0.15) is 0 Å². The van der Waals surface area contributed by atoms with Crippen molar-refractivity contribution in [2.24, 2.45) is 5.73 Å². The summed E-state index contributed by atoms with van der Waals surface area (Å²) in [6.45, 7) is 1.92. The van der Waals surface area contributed by atoms with E-state index in [1.165, 1.54) is 31.2 Å². The molecule has 10 nitrogen and oxygen atoms in total. The van der Waals surface area contributed by atoms with Crippen LogP contribution >= 0.6 is 11.6 Å². The molecule has 0 spiro atoms. The predicted octanol–water partition coefficient (Wildman–Crippen LogP) is -0.379. The molecular formula is C23H22ClN2O8S-3. The standard InChI is InChI=1S/C17H19ClN2O5.C6H6O3S/c1-9-13(16(21)22)14(10-4-2-3-5-11(10)18)15(17(23)24)12(20-9)8-25-7-6-19;7-10(8,9)6-4-2-1-3-5-6/h2-5,14,20H,6-8,19H2,1H3,(H,21,22)(H,23,24);1-5H,(H,7,8,9)/p-3. The van der Waals surface area contributed by atoms with Gasteiger partial charge in [0.05, 0.1) is 30.0 Å². The van der Waals surface area contributed by atoms with Crippen molar-refractivity contribution >= 4 is 33.7 Å². The lowest BCUT2D eigenvalue weighted by Crippen LogP contribution is -2.41. The number of rotatable bonds is 8. The monoisotopic (exact) mass is 521 g/mol. The second-order valence-corrected chi connectivity index (χ2v) is 8.98. The van der Waals surface area contributed by atoms with Crippen LogP contribution in [-0.2, 0) is 24.4 Å². The summed E-state index contributed by atoms with van der Waals surface area (Å²) in [7, 11) is -4.25. The van der Waals surface area contributed by atoms with Crippen LogP contribution in [0.2, 0.25) is 5.02 Å². The molecule has 0 radical (unpaired) electrons. The Hall–Kier alpha value is -3.22. The van der Waals surface area contributed by atoms with Gasteiger partial charge in [0.15, 0.2) is 0 Å². The topological polar surface area (TPSA) is 185 Å². The minimum Gasteiger partial charge on any atom is -0.744 e. The van der Waals surface area contributed by atoms with E-state index >= 15 is 0 Å². The number of hydrogen-bond donors (Lipinski definition) is 2. The Balaban J connectivity index is 0.000000360. The number of carboxylic acid groups (broad SMARTS) is 2. The summed E-state index contributed by atoms with van der Waals surface area (Å²) in [6.07, 6.45) is 0. The molecule has 2 aromatic rings. The number of carboxylic acids is 2. The second kappa shape index (κ2) is 12.5. The maximum Gasteiger partial charge on any atom is 0.124 e. The SMILES string of the molecule is CC1=C(C(=O)[O-])C(c2ccccc2Cl)C(C(=O)[O-])=C(COCCN)N1.O=S(=O)([O-])c1ccccc1. The first-order chi connectivity index (χ1) is 16.5. The van der Waals surface area contributed by atoms with E-state index in [4.69, 9.17) is 22.1 Å². The molecular weight excluding hydrogens is 500 g/mol. The number of halogens is 1. The summed E-state index contributed by atoms with van der Waals surface area (Å²) in [4.78, 5) is 23.3. The third kappa shape index (κ3) is 7.38. The van der Waals surface area contributed by atoms with Gasteiger partial charge in [-0.25, -0.2) is 8.42 Å². The van der Waals surface area contributed by atoms with Crippen molar-refractivity contribution in [2.75, 3.05) is 19.8 Å². The quantitative estimate of drug-likeness (QED) is 0.342. The lowest BCUT2D eigenvalue weighted by Gasteiger charge is -2.35. The van der Waals surface area contributed by atoms with Gasteiger partial charge in [-0.15, -0.1) is 0 Å². The molecule has 0 amide bonds.